The number of aromatic nitrogens is 5. The van der Waals surface area contributed by atoms with Crippen LogP contribution in [0.15, 0.2) is 47.7 Å². The van der Waals surface area contributed by atoms with Crippen LogP contribution in [0, 0.1) is 33.5 Å². The average molecular weight is 490 g/mol. The molecule has 0 saturated heterocycles. The summed E-state index contributed by atoms with van der Waals surface area (Å²) in [6.07, 6.45) is 4.81. The highest BCUT2D eigenvalue weighted by molar-refractivity contribution is 5.59. The lowest BCUT2D eigenvalue weighted by molar-refractivity contribution is 0.0688. The summed E-state index contributed by atoms with van der Waals surface area (Å²) in [4.78, 5) is 30.6. The number of halogens is 1. The summed E-state index contributed by atoms with van der Waals surface area (Å²) in [5.41, 5.74) is 2.94. The Balaban J connectivity index is 1.72. The number of nitrogens with zero attached hydrogens (tertiary/aromatic N) is 5. The minimum Gasteiger partial charge on any atom is -0.487 e. The molecule has 0 bridgehead atoms. The SMILES string of the molecule is Cc1cnc(COc2cc(C)n(-c3cc(-c4ccnc(C(C)(C)O)n4)ncc3C)c(=O)c2C)c(F)c1. The Morgan fingerprint density at radius 3 is 2.47 bits per heavy atom. The zero-order valence-corrected chi connectivity index (χ0v) is 21.1. The second-order valence-electron chi connectivity index (χ2n) is 9.33. The van der Waals surface area contributed by atoms with Gasteiger partial charge in [0.1, 0.15) is 29.5 Å². The van der Waals surface area contributed by atoms with Crippen molar-refractivity contribution in [1.29, 1.82) is 0 Å². The van der Waals surface area contributed by atoms with Gasteiger partial charge in [-0.25, -0.2) is 14.4 Å². The van der Waals surface area contributed by atoms with Gasteiger partial charge < -0.3 is 9.84 Å². The molecule has 36 heavy (non-hydrogen) atoms. The third-order valence-electron chi connectivity index (χ3n) is 5.79. The molecule has 0 fully saturated rings. The van der Waals surface area contributed by atoms with Gasteiger partial charge in [0, 0.05) is 30.4 Å². The molecular weight excluding hydrogens is 461 g/mol. The van der Waals surface area contributed by atoms with Crippen molar-refractivity contribution in [2.75, 3.05) is 0 Å². The van der Waals surface area contributed by atoms with Crippen LogP contribution in [0.2, 0.25) is 0 Å². The molecule has 0 saturated carbocycles. The maximum absolute atomic E-state index is 14.2. The van der Waals surface area contributed by atoms with Crippen LogP contribution in [-0.4, -0.2) is 29.6 Å². The second-order valence-corrected chi connectivity index (χ2v) is 9.33. The van der Waals surface area contributed by atoms with E-state index >= 15 is 0 Å². The van der Waals surface area contributed by atoms with Crippen LogP contribution in [0.4, 0.5) is 4.39 Å². The van der Waals surface area contributed by atoms with Crippen LogP contribution in [0.3, 0.4) is 0 Å². The van der Waals surface area contributed by atoms with Crippen molar-refractivity contribution in [3.8, 4) is 22.8 Å². The van der Waals surface area contributed by atoms with Crippen LogP contribution in [0.25, 0.3) is 17.1 Å². The normalized spacial score (nSPS) is 11.6. The molecule has 0 aliphatic rings. The van der Waals surface area contributed by atoms with Gasteiger partial charge in [-0.05, 0) is 70.9 Å². The summed E-state index contributed by atoms with van der Waals surface area (Å²) in [5.74, 6) is 0.192. The summed E-state index contributed by atoms with van der Waals surface area (Å²) in [6, 6.07) is 6.63. The minimum atomic E-state index is -1.21. The predicted octanol–water partition coefficient (Wildman–Crippen LogP) is 4.26. The molecule has 0 spiro atoms. The van der Waals surface area contributed by atoms with E-state index in [0.29, 0.717) is 34.1 Å². The molecule has 1 N–H and O–H groups in total. The summed E-state index contributed by atoms with van der Waals surface area (Å²) >= 11 is 0. The van der Waals surface area contributed by atoms with E-state index in [0.717, 1.165) is 11.1 Å². The van der Waals surface area contributed by atoms with Gasteiger partial charge in [0.25, 0.3) is 5.56 Å². The molecule has 0 atom stereocenters. The van der Waals surface area contributed by atoms with E-state index in [4.69, 9.17) is 4.74 Å². The summed E-state index contributed by atoms with van der Waals surface area (Å²) in [7, 11) is 0. The standard InChI is InChI=1S/C27H28FN5O3/c1-15-9-19(28)22(30-12-15)14-36-24-10-17(3)33(25(34)18(24)4)23-11-21(31-13-16(23)2)20-7-8-29-26(32-20)27(5,6)35/h7-13,35H,14H2,1-6H3. The molecular formula is C27H28FN5O3. The van der Waals surface area contributed by atoms with Crippen molar-refractivity contribution in [2.24, 2.45) is 0 Å². The molecule has 4 aromatic rings. The third-order valence-corrected chi connectivity index (χ3v) is 5.79. The van der Waals surface area contributed by atoms with Gasteiger partial charge in [-0.1, -0.05) is 0 Å². The smallest absolute Gasteiger partial charge is 0.261 e. The van der Waals surface area contributed by atoms with E-state index in [9.17, 15) is 14.3 Å². The average Bonchev–Trinajstić information content (AvgIpc) is 2.82. The molecule has 4 aromatic heterocycles. The van der Waals surface area contributed by atoms with Crippen LogP contribution >= 0.6 is 0 Å². The van der Waals surface area contributed by atoms with Crippen molar-refractivity contribution >= 4 is 0 Å². The Kier molecular flexibility index (Phi) is 6.69. The fourth-order valence-corrected chi connectivity index (χ4v) is 3.75. The van der Waals surface area contributed by atoms with Gasteiger partial charge in [-0.15, -0.1) is 0 Å². The van der Waals surface area contributed by atoms with Crippen LogP contribution < -0.4 is 10.3 Å². The fourth-order valence-electron chi connectivity index (χ4n) is 3.75. The quantitative estimate of drug-likeness (QED) is 0.432. The van der Waals surface area contributed by atoms with E-state index in [1.54, 1.807) is 76.0 Å². The maximum atomic E-state index is 14.2. The number of hydrogen-bond acceptors (Lipinski definition) is 7. The van der Waals surface area contributed by atoms with Gasteiger partial charge in [-0.3, -0.25) is 19.3 Å². The first-order chi connectivity index (χ1) is 17.0. The monoisotopic (exact) mass is 489 g/mol. The Morgan fingerprint density at radius 1 is 1.03 bits per heavy atom. The second kappa shape index (κ2) is 9.58. The maximum Gasteiger partial charge on any atom is 0.261 e. The summed E-state index contributed by atoms with van der Waals surface area (Å²) in [5, 5.41) is 10.3. The lowest BCUT2D eigenvalue weighted by Crippen LogP contribution is -2.24. The Hall–Kier alpha value is -3.98. The minimum absolute atomic E-state index is 0.0917. The van der Waals surface area contributed by atoms with Crippen molar-refractivity contribution < 1.29 is 14.2 Å². The van der Waals surface area contributed by atoms with Crippen LogP contribution in [0.1, 0.15) is 47.8 Å². The molecule has 0 radical (unpaired) electrons. The zero-order chi connectivity index (χ0) is 26.2. The van der Waals surface area contributed by atoms with Crippen molar-refractivity contribution in [2.45, 2.75) is 53.8 Å². The molecule has 8 nitrogen and oxygen atoms in total. The molecule has 0 unspecified atom stereocenters. The molecule has 4 rings (SSSR count). The number of pyridine rings is 3. The van der Waals surface area contributed by atoms with E-state index in [-0.39, 0.29) is 23.7 Å². The van der Waals surface area contributed by atoms with Gasteiger partial charge in [0.15, 0.2) is 5.82 Å². The van der Waals surface area contributed by atoms with Gasteiger partial charge >= 0.3 is 0 Å². The summed E-state index contributed by atoms with van der Waals surface area (Å²) in [6.45, 7) is 10.2. The largest absolute Gasteiger partial charge is 0.487 e. The topological polar surface area (TPSA) is 103 Å². The van der Waals surface area contributed by atoms with Crippen LogP contribution in [-0.2, 0) is 12.2 Å². The molecule has 0 aliphatic heterocycles. The number of aliphatic hydroxyl groups is 1. The number of rotatable bonds is 6. The van der Waals surface area contributed by atoms with Gasteiger partial charge in [-0.2, -0.15) is 0 Å². The molecule has 186 valence electrons. The first-order valence-electron chi connectivity index (χ1n) is 11.5. The highest BCUT2D eigenvalue weighted by Gasteiger charge is 2.21. The molecule has 9 heteroatoms. The Morgan fingerprint density at radius 2 is 1.78 bits per heavy atom. The lowest BCUT2D eigenvalue weighted by Gasteiger charge is -2.18. The number of hydrogen-bond donors (Lipinski definition) is 1. The Labute approximate surface area is 208 Å². The lowest BCUT2D eigenvalue weighted by atomic mass is 10.1. The highest BCUT2D eigenvalue weighted by atomic mass is 19.1. The molecule has 0 aliphatic carbocycles. The van der Waals surface area contributed by atoms with E-state index < -0.39 is 11.4 Å². The predicted molar refractivity (Wildman–Crippen MR) is 134 cm³/mol. The first-order valence-corrected chi connectivity index (χ1v) is 11.5. The molecule has 0 aromatic carbocycles. The van der Waals surface area contributed by atoms with Gasteiger partial charge in [0.05, 0.1) is 22.6 Å². The third kappa shape index (κ3) is 5.01. The fraction of sp³-hybridized carbons (Fsp3) is 0.296. The summed E-state index contributed by atoms with van der Waals surface area (Å²) < 4.78 is 21.6. The van der Waals surface area contributed by atoms with Crippen molar-refractivity contribution in [1.82, 2.24) is 24.5 Å². The van der Waals surface area contributed by atoms with Crippen LogP contribution in [0.5, 0.6) is 5.75 Å². The molecule has 4 heterocycles. The highest BCUT2D eigenvalue weighted by Crippen LogP contribution is 2.25. The van der Waals surface area contributed by atoms with E-state index in [1.165, 1.54) is 6.07 Å². The van der Waals surface area contributed by atoms with E-state index in [2.05, 4.69) is 19.9 Å². The van der Waals surface area contributed by atoms with E-state index in [1.807, 2.05) is 6.92 Å². The van der Waals surface area contributed by atoms with Crippen molar-refractivity contribution in [3.05, 3.63) is 92.9 Å². The van der Waals surface area contributed by atoms with Gasteiger partial charge in [0.2, 0.25) is 0 Å². The molecule has 0 amide bonds. The number of aryl methyl sites for hydroxylation is 3. The number of ether oxygens (including phenoxy) is 1. The Bertz CT molecular complexity index is 1510. The first kappa shape index (κ1) is 25.1. The van der Waals surface area contributed by atoms with Crippen molar-refractivity contribution in [3.63, 3.8) is 0 Å². The zero-order valence-electron chi connectivity index (χ0n) is 21.1.